The summed E-state index contributed by atoms with van der Waals surface area (Å²) in [5, 5.41) is 9.27. The van der Waals surface area contributed by atoms with Crippen molar-refractivity contribution in [3.8, 4) is 0 Å². The van der Waals surface area contributed by atoms with E-state index in [1.54, 1.807) is 0 Å². The van der Waals surface area contributed by atoms with Crippen molar-refractivity contribution >= 4 is 28.6 Å². The molecule has 0 amide bonds. The molecule has 0 rings (SSSR count). The Labute approximate surface area is 111 Å². The van der Waals surface area contributed by atoms with Gasteiger partial charge in [0.2, 0.25) is 0 Å². The van der Waals surface area contributed by atoms with Gasteiger partial charge in [-0.2, -0.15) is 30.7 Å². The van der Waals surface area contributed by atoms with Gasteiger partial charge in [-0.1, -0.05) is 22.6 Å². The quantitative estimate of drug-likeness (QED) is 0.389. The number of carbonyl (C=O) groups is 1. The molecular weight excluding hydrogens is 417 g/mol. The molecule has 0 saturated heterocycles. The molecule has 0 heterocycles. The summed E-state index contributed by atoms with van der Waals surface area (Å²) in [6.45, 7) is 0. The number of aliphatic carboxylic acids is 1. The Kier molecular flexibility index (Phi) is 9.34. The molecule has 0 N–H and O–H groups in total. The predicted octanol–water partition coefficient (Wildman–Crippen LogP) is 1.78. The molecule has 11 heteroatoms. The predicted molar refractivity (Wildman–Crippen MR) is 40.3 cm³/mol. The van der Waals surface area contributed by atoms with Gasteiger partial charge in [0.05, 0.1) is 0 Å². The SMILES string of the molecule is O=C([O-])C(F)(F)C(F)(F)C(F)(F)F.[CH2]I.[Zn]. The van der Waals surface area contributed by atoms with Crippen molar-refractivity contribution in [3.05, 3.63) is 4.93 Å². The summed E-state index contributed by atoms with van der Waals surface area (Å²) < 4.78 is 80.2. The summed E-state index contributed by atoms with van der Waals surface area (Å²) in [6, 6.07) is 0. The Balaban J connectivity index is -0.000000529. The average molecular weight is 419 g/mol. The normalized spacial score (nSPS) is 12.1. The van der Waals surface area contributed by atoms with Gasteiger partial charge < -0.3 is 9.90 Å². The van der Waals surface area contributed by atoms with Crippen molar-refractivity contribution in [2.24, 2.45) is 0 Å². The molecule has 0 aliphatic rings. The van der Waals surface area contributed by atoms with E-state index in [0.717, 1.165) is 0 Å². The summed E-state index contributed by atoms with van der Waals surface area (Å²) in [5.41, 5.74) is 0. The van der Waals surface area contributed by atoms with E-state index < -0.39 is 24.0 Å². The third-order valence-electron chi connectivity index (χ3n) is 1.01. The molecular formula is C5H2F7IO2Zn-. The van der Waals surface area contributed by atoms with Gasteiger partial charge in [-0.15, -0.1) is 0 Å². The fourth-order valence-electron chi connectivity index (χ4n) is 0.306. The molecule has 1 radical (unpaired) electrons. The maximum absolute atomic E-state index is 11.7. The number of carbonyl (C=O) groups excluding carboxylic acids is 1. The number of carboxylic acid groups (broad SMARTS) is 1. The third-order valence-corrected chi connectivity index (χ3v) is 1.01. The number of rotatable bonds is 2. The van der Waals surface area contributed by atoms with E-state index in [-0.39, 0.29) is 19.5 Å². The Morgan fingerprint density at radius 1 is 1.00 bits per heavy atom. The summed E-state index contributed by atoms with van der Waals surface area (Å²) in [7, 11) is 0. The van der Waals surface area contributed by atoms with Gasteiger partial charge in [0.1, 0.15) is 5.97 Å². The van der Waals surface area contributed by atoms with E-state index in [1.807, 2.05) is 22.6 Å². The number of carboxylic acids is 1. The van der Waals surface area contributed by atoms with Crippen molar-refractivity contribution in [1.29, 1.82) is 0 Å². The van der Waals surface area contributed by atoms with Crippen LogP contribution in [0.4, 0.5) is 30.7 Å². The second-order valence-corrected chi connectivity index (χ2v) is 1.93. The van der Waals surface area contributed by atoms with Crippen molar-refractivity contribution in [2.45, 2.75) is 18.0 Å². The zero-order valence-corrected chi connectivity index (χ0v) is 12.4. The van der Waals surface area contributed by atoms with Gasteiger partial charge in [-0.25, -0.2) is 0 Å². The second kappa shape index (κ2) is 6.92. The number of hydrogen-bond donors (Lipinski definition) is 0. The minimum absolute atomic E-state index is 0. The summed E-state index contributed by atoms with van der Waals surface area (Å²) >= 11 is 1.90. The molecule has 0 unspecified atom stereocenters. The van der Waals surface area contributed by atoms with E-state index in [1.165, 1.54) is 0 Å². The van der Waals surface area contributed by atoms with Crippen LogP contribution >= 0.6 is 22.6 Å². The Morgan fingerprint density at radius 2 is 1.25 bits per heavy atom. The van der Waals surface area contributed by atoms with Gasteiger partial charge in [-0.05, 0) is 0 Å². The number of halogens is 8. The molecule has 0 bridgehead atoms. The van der Waals surface area contributed by atoms with Crippen LogP contribution in [-0.4, -0.2) is 24.0 Å². The smallest absolute Gasteiger partial charge is 0.460 e. The first-order chi connectivity index (χ1) is 6.44. The molecule has 0 atom stereocenters. The summed E-state index contributed by atoms with van der Waals surface area (Å²) in [5.74, 6) is -16.7. The Bertz CT molecular complexity index is 229. The van der Waals surface area contributed by atoms with E-state index in [4.69, 9.17) is 0 Å². The zero-order chi connectivity index (χ0) is 13.1. The molecule has 93 valence electrons. The molecule has 0 aliphatic heterocycles. The first-order valence-corrected chi connectivity index (χ1v) is 4.27. The maximum Gasteiger partial charge on any atom is 0.460 e. The van der Waals surface area contributed by atoms with E-state index >= 15 is 0 Å². The van der Waals surface area contributed by atoms with Crippen molar-refractivity contribution in [3.63, 3.8) is 0 Å². The molecule has 0 aromatic carbocycles. The molecule has 16 heavy (non-hydrogen) atoms. The van der Waals surface area contributed by atoms with Gasteiger partial charge in [0, 0.05) is 24.4 Å². The monoisotopic (exact) mass is 418 g/mol. The van der Waals surface area contributed by atoms with Gasteiger partial charge in [-0.3, -0.25) is 0 Å². The van der Waals surface area contributed by atoms with Gasteiger partial charge in [0.25, 0.3) is 0 Å². The molecule has 0 aromatic rings. The molecule has 0 saturated carbocycles. The number of alkyl halides is 7. The van der Waals surface area contributed by atoms with Crippen LogP contribution in [-0.2, 0) is 24.3 Å². The second-order valence-electron chi connectivity index (χ2n) is 1.93. The topological polar surface area (TPSA) is 40.1 Å². The van der Waals surface area contributed by atoms with Crippen LogP contribution in [0.3, 0.4) is 0 Å². The maximum atomic E-state index is 11.7. The van der Waals surface area contributed by atoms with E-state index in [9.17, 15) is 40.6 Å². The van der Waals surface area contributed by atoms with Crippen LogP contribution in [0.15, 0.2) is 0 Å². The molecule has 0 aromatic heterocycles. The largest absolute Gasteiger partial charge is 0.544 e. The van der Waals surface area contributed by atoms with E-state index in [0.29, 0.717) is 0 Å². The first kappa shape index (κ1) is 21.6. The van der Waals surface area contributed by atoms with Gasteiger partial charge >= 0.3 is 18.0 Å². The molecule has 0 aliphatic carbocycles. The van der Waals surface area contributed by atoms with Crippen LogP contribution in [0.25, 0.3) is 0 Å². The van der Waals surface area contributed by atoms with E-state index in [2.05, 4.69) is 4.93 Å². The standard InChI is InChI=1S/C4HF7O2.CH2I.Zn/c5-2(6,1(12)13)3(7,8)4(9,10)11;1-2;/h(H,12,13);1H2;/p-1. The van der Waals surface area contributed by atoms with Crippen molar-refractivity contribution in [2.75, 3.05) is 0 Å². The summed E-state index contributed by atoms with van der Waals surface area (Å²) in [4.78, 5) is 12.5. The minimum atomic E-state index is -6.64. The molecule has 2 nitrogen and oxygen atoms in total. The molecule has 0 fully saturated rings. The van der Waals surface area contributed by atoms with Crippen LogP contribution < -0.4 is 5.11 Å². The van der Waals surface area contributed by atoms with Crippen LogP contribution in [0.5, 0.6) is 0 Å². The molecule has 0 spiro atoms. The average Bonchev–Trinajstić information content (AvgIpc) is 2.05. The Hall–Kier alpha value is 0.333. The van der Waals surface area contributed by atoms with Crippen molar-refractivity contribution in [1.82, 2.24) is 0 Å². The Morgan fingerprint density at radius 3 is 1.31 bits per heavy atom. The minimum Gasteiger partial charge on any atom is -0.544 e. The first-order valence-electron chi connectivity index (χ1n) is 2.75. The van der Waals surface area contributed by atoms with Crippen molar-refractivity contribution < 1.29 is 60.1 Å². The van der Waals surface area contributed by atoms with Gasteiger partial charge in [0.15, 0.2) is 0 Å². The zero-order valence-electron chi connectivity index (χ0n) is 7.25. The number of hydrogen-bond acceptors (Lipinski definition) is 2. The van der Waals surface area contributed by atoms with Crippen LogP contribution in [0.2, 0.25) is 0 Å². The summed E-state index contributed by atoms with van der Waals surface area (Å²) in [6.07, 6.45) is -6.64. The fraction of sp³-hybridized carbons (Fsp3) is 0.600. The fourth-order valence-corrected chi connectivity index (χ4v) is 0.306. The van der Waals surface area contributed by atoms with Crippen LogP contribution in [0.1, 0.15) is 0 Å². The van der Waals surface area contributed by atoms with Crippen LogP contribution in [0, 0.1) is 4.93 Å². The third kappa shape index (κ3) is 4.30.